The maximum absolute atomic E-state index is 12.5. The lowest BCUT2D eigenvalue weighted by atomic mass is 10.1. The summed E-state index contributed by atoms with van der Waals surface area (Å²) < 4.78 is 0. The zero-order chi connectivity index (χ0) is 26.6. The number of aromatic amines is 1. The topological polar surface area (TPSA) is 119 Å². The smallest absolute Gasteiger partial charge is 0.227 e. The molecule has 38 heavy (non-hydrogen) atoms. The number of rotatable bonds is 7. The zero-order valence-corrected chi connectivity index (χ0v) is 22.9. The van der Waals surface area contributed by atoms with Gasteiger partial charge in [0.2, 0.25) is 11.8 Å². The molecule has 2 aromatic heterocycles. The maximum atomic E-state index is 12.5. The van der Waals surface area contributed by atoms with E-state index in [1.807, 2.05) is 49.1 Å². The van der Waals surface area contributed by atoms with E-state index >= 15 is 0 Å². The molecule has 0 unspecified atom stereocenters. The SMILES string of the molecule is CC(=O)N1CCN(c2nc(Sc3ccc(NC(=O)C4CCCC4)cc3)nc(Nc3cc(C)[nH]n3)c2C)CC1. The van der Waals surface area contributed by atoms with Crippen LogP contribution in [0.3, 0.4) is 0 Å². The predicted octanol–water partition coefficient (Wildman–Crippen LogP) is 4.51. The van der Waals surface area contributed by atoms with E-state index in [0.29, 0.717) is 43.0 Å². The fourth-order valence-electron chi connectivity index (χ4n) is 4.94. The number of carbonyl (C=O) groups is 2. The van der Waals surface area contributed by atoms with E-state index in [9.17, 15) is 9.59 Å². The van der Waals surface area contributed by atoms with Crippen LogP contribution < -0.4 is 15.5 Å². The molecule has 10 nitrogen and oxygen atoms in total. The molecular weight excluding hydrogens is 500 g/mol. The molecule has 0 spiro atoms. The number of aryl methyl sites for hydroxylation is 1. The third-order valence-electron chi connectivity index (χ3n) is 7.13. The van der Waals surface area contributed by atoms with Gasteiger partial charge >= 0.3 is 0 Å². The molecule has 1 saturated carbocycles. The van der Waals surface area contributed by atoms with Crippen molar-refractivity contribution >= 4 is 46.7 Å². The van der Waals surface area contributed by atoms with Crippen molar-refractivity contribution in [3.8, 4) is 0 Å². The Kier molecular flexibility index (Phi) is 7.82. The van der Waals surface area contributed by atoms with Gasteiger partial charge in [-0.1, -0.05) is 12.8 Å². The second-order valence-corrected chi connectivity index (χ2v) is 11.0. The Balaban J connectivity index is 1.36. The number of aromatic nitrogens is 4. The lowest BCUT2D eigenvalue weighted by Crippen LogP contribution is -2.48. The van der Waals surface area contributed by atoms with E-state index in [-0.39, 0.29) is 17.7 Å². The van der Waals surface area contributed by atoms with Crippen molar-refractivity contribution in [1.29, 1.82) is 0 Å². The van der Waals surface area contributed by atoms with Gasteiger partial charge in [-0.2, -0.15) is 5.10 Å². The van der Waals surface area contributed by atoms with Crippen LogP contribution in [-0.2, 0) is 9.59 Å². The van der Waals surface area contributed by atoms with E-state index in [1.54, 1.807) is 6.92 Å². The van der Waals surface area contributed by atoms with Gasteiger partial charge in [-0.3, -0.25) is 14.7 Å². The Morgan fingerprint density at radius 3 is 2.37 bits per heavy atom. The lowest BCUT2D eigenvalue weighted by molar-refractivity contribution is -0.129. The van der Waals surface area contributed by atoms with Crippen molar-refractivity contribution in [3.63, 3.8) is 0 Å². The summed E-state index contributed by atoms with van der Waals surface area (Å²) >= 11 is 1.47. The van der Waals surface area contributed by atoms with Crippen molar-refractivity contribution < 1.29 is 9.59 Å². The van der Waals surface area contributed by atoms with Gasteiger partial charge in [0.25, 0.3) is 0 Å². The van der Waals surface area contributed by atoms with Crippen molar-refractivity contribution in [2.45, 2.75) is 56.5 Å². The van der Waals surface area contributed by atoms with Gasteiger partial charge in [0.05, 0.1) is 0 Å². The first-order valence-corrected chi connectivity index (χ1v) is 13.9. The van der Waals surface area contributed by atoms with Crippen molar-refractivity contribution in [2.75, 3.05) is 41.7 Å². The first kappa shape index (κ1) is 26.0. The number of piperazine rings is 1. The number of hydrogen-bond acceptors (Lipinski definition) is 8. The summed E-state index contributed by atoms with van der Waals surface area (Å²) in [5.41, 5.74) is 2.68. The average Bonchev–Trinajstić information content (AvgIpc) is 3.59. The van der Waals surface area contributed by atoms with Crippen LogP contribution in [0, 0.1) is 19.8 Å². The summed E-state index contributed by atoms with van der Waals surface area (Å²) in [5, 5.41) is 14.3. The summed E-state index contributed by atoms with van der Waals surface area (Å²) in [7, 11) is 0. The van der Waals surface area contributed by atoms with E-state index < -0.39 is 0 Å². The van der Waals surface area contributed by atoms with Gasteiger partial charge in [0, 0.05) is 66.9 Å². The molecule has 1 aliphatic heterocycles. The fourth-order valence-corrected chi connectivity index (χ4v) is 5.69. The van der Waals surface area contributed by atoms with E-state index in [4.69, 9.17) is 9.97 Å². The molecule has 3 N–H and O–H groups in total. The first-order chi connectivity index (χ1) is 18.4. The number of anilines is 4. The van der Waals surface area contributed by atoms with Crippen LogP contribution in [-0.4, -0.2) is 63.1 Å². The van der Waals surface area contributed by atoms with E-state index in [2.05, 4.69) is 25.7 Å². The second kappa shape index (κ2) is 11.4. The second-order valence-electron chi connectivity index (χ2n) is 9.95. The Bertz CT molecular complexity index is 1290. The molecule has 2 aliphatic rings. The maximum Gasteiger partial charge on any atom is 0.227 e. The molecule has 11 heteroatoms. The standard InChI is InChI=1S/C27H34N8O2S/c1-17-16-23(33-32-17)29-24-18(2)25(35-14-12-34(13-15-35)19(3)36)31-27(30-24)38-22-10-8-21(9-11-22)28-26(37)20-6-4-5-7-20/h8-11,16,20H,4-7,12-15H2,1-3H3,(H,28,37)(H2,29,30,31,32,33). The molecule has 1 aliphatic carbocycles. The third-order valence-corrected chi connectivity index (χ3v) is 8.01. The van der Waals surface area contributed by atoms with Gasteiger partial charge in [-0.25, -0.2) is 9.97 Å². The van der Waals surface area contributed by atoms with Crippen LogP contribution in [0.1, 0.15) is 43.9 Å². The zero-order valence-electron chi connectivity index (χ0n) is 22.1. The van der Waals surface area contributed by atoms with Crippen LogP contribution in [0.4, 0.5) is 23.1 Å². The molecule has 5 rings (SSSR count). The molecule has 3 heterocycles. The van der Waals surface area contributed by atoms with E-state index in [1.165, 1.54) is 11.8 Å². The molecule has 1 saturated heterocycles. The normalized spacial score (nSPS) is 16.1. The summed E-state index contributed by atoms with van der Waals surface area (Å²) in [6, 6.07) is 9.74. The Morgan fingerprint density at radius 1 is 1.03 bits per heavy atom. The Morgan fingerprint density at radius 2 is 1.74 bits per heavy atom. The minimum Gasteiger partial charge on any atom is -0.353 e. The minimum atomic E-state index is 0.0967. The van der Waals surface area contributed by atoms with Gasteiger partial charge in [0.1, 0.15) is 11.6 Å². The number of benzene rings is 1. The van der Waals surface area contributed by atoms with Crippen LogP contribution in [0.15, 0.2) is 40.4 Å². The quantitative estimate of drug-likeness (QED) is 0.379. The van der Waals surface area contributed by atoms with Gasteiger partial charge < -0.3 is 20.4 Å². The van der Waals surface area contributed by atoms with Crippen LogP contribution in [0.2, 0.25) is 0 Å². The average molecular weight is 535 g/mol. The number of nitrogens with one attached hydrogen (secondary N) is 3. The largest absolute Gasteiger partial charge is 0.353 e. The molecule has 2 fully saturated rings. The molecule has 2 amide bonds. The third kappa shape index (κ3) is 6.09. The minimum absolute atomic E-state index is 0.0967. The highest BCUT2D eigenvalue weighted by molar-refractivity contribution is 7.99. The van der Waals surface area contributed by atoms with E-state index in [0.717, 1.165) is 53.3 Å². The number of hydrogen-bond donors (Lipinski definition) is 3. The van der Waals surface area contributed by atoms with Gasteiger partial charge in [-0.05, 0) is 62.7 Å². The predicted molar refractivity (Wildman–Crippen MR) is 149 cm³/mol. The molecule has 3 aromatic rings. The van der Waals surface area contributed by atoms with Crippen molar-refractivity contribution in [1.82, 2.24) is 25.1 Å². The Labute approximate surface area is 227 Å². The lowest BCUT2D eigenvalue weighted by Gasteiger charge is -2.35. The molecule has 0 radical (unpaired) electrons. The van der Waals surface area contributed by atoms with Crippen LogP contribution in [0.5, 0.6) is 0 Å². The highest BCUT2D eigenvalue weighted by atomic mass is 32.2. The molecule has 200 valence electrons. The van der Waals surface area contributed by atoms with Crippen LogP contribution in [0.25, 0.3) is 0 Å². The fraction of sp³-hybridized carbons (Fsp3) is 0.444. The van der Waals surface area contributed by atoms with Crippen molar-refractivity contribution in [3.05, 3.63) is 41.6 Å². The number of nitrogens with zero attached hydrogens (tertiary/aromatic N) is 5. The number of H-pyrrole nitrogens is 1. The highest BCUT2D eigenvalue weighted by Gasteiger charge is 2.24. The monoisotopic (exact) mass is 534 g/mol. The molecular formula is C27H34N8O2S. The van der Waals surface area contributed by atoms with Crippen molar-refractivity contribution in [2.24, 2.45) is 5.92 Å². The first-order valence-electron chi connectivity index (χ1n) is 13.1. The summed E-state index contributed by atoms with van der Waals surface area (Å²) in [4.78, 5) is 39.1. The summed E-state index contributed by atoms with van der Waals surface area (Å²) in [6.07, 6.45) is 4.22. The van der Waals surface area contributed by atoms with Crippen LogP contribution >= 0.6 is 11.8 Å². The van der Waals surface area contributed by atoms with Gasteiger partial charge in [0.15, 0.2) is 11.0 Å². The molecule has 1 aromatic carbocycles. The Hall–Kier alpha value is -3.60. The number of amides is 2. The summed E-state index contributed by atoms with van der Waals surface area (Å²) in [6.45, 7) is 8.31. The highest BCUT2D eigenvalue weighted by Crippen LogP contribution is 2.33. The summed E-state index contributed by atoms with van der Waals surface area (Å²) in [5.74, 6) is 2.57. The van der Waals surface area contributed by atoms with Gasteiger partial charge in [-0.15, -0.1) is 0 Å². The molecule has 0 atom stereocenters. The molecule has 0 bridgehead atoms. The number of carbonyl (C=O) groups excluding carboxylic acids is 2.